The van der Waals surface area contributed by atoms with Crippen LogP contribution in [0.2, 0.25) is 0 Å². The van der Waals surface area contributed by atoms with E-state index in [1.807, 2.05) is 0 Å². The van der Waals surface area contributed by atoms with Gasteiger partial charge in [-0.3, -0.25) is 4.98 Å². The lowest BCUT2D eigenvalue weighted by Crippen LogP contribution is -1.99. The van der Waals surface area contributed by atoms with E-state index in [1.165, 1.54) is 12.4 Å². The van der Waals surface area contributed by atoms with E-state index in [0.29, 0.717) is 10.2 Å². The summed E-state index contributed by atoms with van der Waals surface area (Å²) in [5.74, 6) is -3.98. The lowest BCUT2D eigenvalue weighted by Gasteiger charge is -2.09. The van der Waals surface area contributed by atoms with Crippen molar-refractivity contribution in [2.24, 2.45) is 0 Å². The minimum absolute atomic E-state index is 0.143. The third-order valence-corrected chi connectivity index (χ3v) is 2.71. The van der Waals surface area contributed by atoms with E-state index >= 15 is 0 Å². The van der Waals surface area contributed by atoms with Crippen LogP contribution >= 0.6 is 15.9 Å². The Bertz CT molecular complexity index is 560. The number of hydrogen-bond acceptors (Lipinski definition) is 2. The molecule has 0 saturated heterocycles. The quantitative estimate of drug-likeness (QED) is 0.848. The predicted octanol–water partition coefficient (Wildman–Crippen LogP) is 4.00. The summed E-state index contributed by atoms with van der Waals surface area (Å²) in [4.78, 5) is 3.83. The van der Waals surface area contributed by atoms with Crippen LogP contribution in [0.1, 0.15) is 0 Å². The van der Waals surface area contributed by atoms with Crippen molar-refractivity contribution in [1.82, 2.24) is 4.98 Å². The van der Waals surface area contributed by atoms with Gasteiger partial charge in [-0.15, -0.1) is 0 Å². The molecule has 0 aliphatic heterocycles. The van der Waals surface area contributed by atoms with Gasteiger partial charge in [-0.25, -0.2) is 13.2 Å². The van der Waals surface area contributed by atoms with Crippen LogP contribution in [0.4, 0.5) is 24.5 Å². The maximum absolute atomic E-state index is 13.4. The van der Waals surface area contributed by atoms with Gasteiger partial charge < -0.3 is 5.32 Å². The molecule has 0 spiro atoms. The summed E-state index contributed by atoms with van der Waals surface area (Å²) in [7, 11) is 0. The Balaban J connectivity index is 2.38. The predicted molar refractivity (Wildman–Crippen MR) is 61.5 cm³/mol. The molecule has 0 unspecified atom stereocenters. The van der Waals surface area contributed by atoms with Gasteiger partial charge >= 0.3 is 0 Å². The molecule has 1 aromatic carbocycles. The summed E-state index contributed by atoms with van der Waals surface area (Å²) in [6.07, 6.45) is 2.99. The van der Waals surface area contributed by atoms with Gasteiger partial charge in [0.05, 0.1) is 15.8 Å². The molecule has 1 N–H and O–H groups in total. The Morgan fingerprint density at radius 1 is 1.00 bits per heavy atom. The third kappa shape index (κ3) is 2.41. The Hall–Kier alpha value is -1.56. The Labute approximate surface area is 104 Å². The van der Waals surface area contributed by atoms with Crippen molar-refractivity contribution in [1.29, 1.82) is 0 Å². The van der Waals surface area contributed by atoms with Crippen LogP contribution < -0.4 is 5.32 Å². The average molecular weight is 303 g/mol. The van der Waals surface area contributed by atoms with E-state index in [4.69, 9.17) is 0 Å². The summed E-state index contributed by atoms with van der Waals surface area (Å²) in [5.41, 5.74) is 0.362. The second-order valence-electron chi connectivity index (χ2n) is 3.20. The van der Waals surface area contributed by atoms with Gasteiger partial charge in [-0.2, -0.15) is 0 Å². The zero-order valence-electron chi connectivity index (χ0n) is 8.35. The van der Waals surface area contributed by atoms with Gasteiger partial charge in [0.25, 0.3) is 0 Å². The van der Waals surface area contributed by atoms with Crippen LogP contribution in [0.5, 0.6) is 0 Å². The first-order chi connectivity index (χ1) is 8.09. The SMILES string of the molecule is Fc1ccc(Nc2ccncc2Br)c(F)c1F. The van der Waals surface area contributed by atoms with Crippen molar-refractivity contribution in [2.45, 2.75) is 0 Å². The minimum atomic E-state index is -1.50. The fraction of sp³-hybridized carbons (Fsp3) is 0. The maximum Gasteiger partial charge on any atom is 0.196 e. The van der Waals surface area contributed by atoms with Crippen LogP contribution in [0.3, 0.4) is 0 Å². The zero-order chi connectivity index (χ0) is 12.4. The molecule has 2 aromatic rings. The highest BCUT2D eigenvalue weighted by Crippen LogP contribution is 2.27. The first-order valence-corrected chi connectivity index (χ1v) is 5.39. The van der Waals surface area contributed by atoms with Crippen LogP contribution in [0.15, 0.2) is 35.1 Å². The largest absolute Gasteiger partial charge is 0.352 e. The van der Waals surface area contributed by atoms with Crippen LogP contribution in [-0.4, -0.2) is 4.98 Å². The van der Waals surface area contributed by atoms with E-state index in [2.05, 4.69) is 26.2 Å². The minimum Gasteiger partial charge on any atom is -0.352 e. The molecule has 6 heteroatoms. The van der Waals surface area contributed by atoms with Crippen molar-refractivity contribution in [3.8, 4) is 0 Å². The lowest BCUT2D eigenvalue weighted by atomic mass is 10.2. The topological polar surface area (TPSA) is 24.9 Å². The molecule has 2 nitrogen and oxygen atoms in total. The number of anilines is 2. The molecular formula is C11H6BrF3N2. The monoisotopic (exact) mass is 302 g/mol. The molecule has 17 heavy (non-hydrogen) atoms. The van der Waals surface area contributed by atoms with E-state index in [0.717, 1.165) is 12.1 Å². The molecule has 0 radical (unpaired) electrons. The fourth-order valence-corrected chi connectivity index (χ4v) is 1.59. The molecule has 2 rings (SSSR count). The second kappa shape index (κ2) is 4.75. The van der Waals surface area contributed by atoms with Crippen LogP contribution in [0.25, 0.3) is 0 Å². The van der Waals surface area contributed by atoms with Gasteiger partial charge in [0.2, 0.25) is 0 Å². The van der Waals surface area contributed by atoms with E-state index in [-0.39, 0.29) is 5.69 Å². The number of aromatic nitrogens is 1. The van der Waals surface area contributed by atoms with E-state index in [1.54, 1.807) is 6.07 Å². The average Bonchev–Trinajstić information content (AvgIpc) is 2.32. The maximum atomic E-state index is 13.4. The molecule has 0 aliphatic carbocycles. The highest BCUT2D eigenvalue weighted by Gasteiger charge is 2.13. The number of hydrogen-bond donors (Lipinski definition) is 1. The highest BCUT2D eigenvalue weighted by molar-refractivity contribution is 9.10. The van der Waals surface area contributed by atoms with Gasteiger partial charge in [0.1, 0.15) is 0 Å². The molecule has 1 aromatic heterocycles. The summed E-state index contributed by atoms with van der Waals surface area (Å²) < 4.78 is 39.7. The number of halogens is 4. The number of rotatable bonds is 2. The van der Waals surface area contributed by atoms with Crippen molar-refractivity contribution >= 4 is 27.3 Å². The van der Waals surface area contributed by atoms with Crippen molar-refractivity contribution in [3.63, 3.8) is 0 Å². The Morgan fingerprint density at radius 2 is 1.76 bits per heavy atom. The summed E-state index contributed by atoms with van der Waals surface area (Å²) in [6.45, 7) is 0. The van der Waals surface area contributed by atoms with E-state index in [9.17, 15) is 13.2 Å². The third-order valence-electron chi connectivity index (χ3n) is 2.08. The first kappa shape index (κ1) is 11.9. The summed E-state index contributed by atoms with van der Waals surface area (Å²) in [6, 6.07) is 3.56. The van der Waals surface area contributed by atoms with Crippen LogP contribution in [0, 0.1) is 17.5 Å². The fourth-order valence-electron chi connectivity index (χ4n) is 1.24. The summed E-state index contributed by atoms with van der Waals surface area (Å²) >= 11 is 3.20. The number of nitrogens with zero attached hydrogens (tertiary/aromatic N) is 1. The van der Waals surface area contributed by atoms with Crippen LogP contribution in [-0.2, 0) is 0 Å². The lowest BCUT2D eigenvalue weighted by molar-refractivity contribution is 0.449. The number of pyridine rings is 1. The van der Waals surface area contributed by atoms with Crippen molar-refractivity contribution in [3.05, 3.63) is 52.5 Å². The molecule has 0 atom stereocenters. The Kier molecular flexibility index (Phi) is 3.33. The molecule has 0 aliphatic rings. The number of nitrogens with one attached hydrogen (secondary N) is 1. The standard InChI is InChI=1S/C11H6BrF3N2/c12-6-5-16-4-3-8(6)17-9-2-1-7(13)10(14)11(9)15/h1-5H,(H,16,17). The second-order valence-corrected chi connectivity index (χ2v) is 4.06. The number of benzene rings is 1. The molecule has 0 fully saturated rings. The Morgan fingerprint density at radius 3 is 2.47 bits per heavy atom. The van der Waals surface area contributed by atoms with Gasteiger partial charge in [0.15, 0.2) is 17.5 Å². The van der Waals surface area contributed by atoms with Crippen molar-refractivity contribution in [2.75, 3.05) is 5.32 Å². The highest BCUT2D eigenvalue weighted by atomic mass is 79.9. The van der Waals surface area contributed by atoms with Crippen molar-refractivity contribution < 1.29 is 13.2 Å². The first-order valence-electron chi connectivity index (χ1n) is 4.59. The summed E-state index contributed by atoms with van der Waals surface area (Å²) in [5, 5.41) is 2.64. The molecule has 88 valence electrons. The molecule has 1 heterocycles. The molecule has 0 bridgehead atoms. The van der Waals surface area contributed by atoms with Gasteiger partial charge in [0, 0.05) is 12.4 Å². The molecule has 0 saturated carbocycles. The zero-order valence-corrected chi connectivity index (χ0v) is 9.93. The van der Waals surface area contributed by atoms with E-state index < -0.39 is 17.5 Å². The van der Waals surface area contributed by atoms with Gasteiger partial charge in [-0.1, -0.05) is 0 Å². The normalized spacial score (nSPS) is 10.4. The smallest absolute Gasteiger partial charge is 0.196 e. The van der Waals surface area contributed by atoms with Gasteiger partial charge in [-0.05, 0) is 34.1 Å². The molecule has 0 amide bonds. The molecular weight excluding hydrogens is 297 g/mol.